The van der Waals surface area contributed by atoms with Gasteiger partial charge < -0.3 is 15.0 Å². The van der Waals surface area contributed by atoms with E-state index in [4.69, 9.17) is 4.74 Å². The molecule has 1 unspecified atom stereocenters. The van der Waals surface area contributed by atoms with Crippen LogP contribution in [0.25, 0.3) is 0 Å². The lowest BCUT2D eigenvalue weighted by molar-refractivity contribution is -0.142. The number of amides is 1. The number of nitrogens with zero attached hydrogens (tertiary/aromatic N) is 1. The maximum Gasteiger partial charge on any atom is 0.225 e. The zero-order valence-electron chi connectivity index (χ0n) is 11.8. The van der Waals surface area contributed by atoms with E-state index in [-0.39, 0.29) is 5.92 Å². The molecule has 0 aromatic heterocycles. The Balaban J connectivity index is 1.62. The van der Waals surface area contributed by atoms with Crippen LogP contribution in [0.2, 0.25) is 0 Å². The van der Waals surface area contributed by atoms with Crippen molar-refractivity contribution < 1.29 is 9.53 Å². The lowest BCUT2D eigenvalue weighted by Gasteiger charge is -2.46. The summed E-state index contributed by atoms with van der Waals surface area (Å²) in [4.78, 5) is 14.8. The topological polar surface area (TPSA) is 41.6 Å². The molecule has 3 rings (SSSR count). The minimum absolute atomic E-state index is 0.223. The first kappa shape index (κ1) is 13.4. The van der Waals surface area contributed by atoms with Crippen LogP contribution >= 0.6 is 0 Å². The van der Waals surface area contributed by atoms with Crippen LogP contribution in [0.15, 0.2) is 0 Å². The summed E-state index contributed by atoms with van der Waals surface area (Å²) in [6.45, 7) is 5.72. The van der Waals surface area contributed by atoms with E-state index in [9.17, 15) is 4.79 Å². The van der Waals surface area contributed by atoms with Crippen LogP contribution in [0, 0.1) is 11.3 Å². The van der Waals surface area contributed by atoms with Crippen LogP contribution in [0.3, 0.4) is 0 Å². The van der Waals surface area contributed by atoms with E-state index in [0.717, 1.165) is 52.2 Å². The Morgan fingerprint density at radius 2 is 2.00 bits per heavy atom. The van der Waals surface area contributed by atoms with E-state index in [2.05, 4.69) is 10.2 Å². The molecule has 3 aliphatic rings. The van der Waals surface area contributed by atoms with Gasteiger partial charge in [-0.25, -0.2) is 0 Å². The maximum absolute atomic E-state index is 12.6. The fourth-order valence-electron chi connectivity index (χ4n) is 3.98. The number of carbonyl (C=O) groups excluding carboxylic acids is 1. The van der Waals surface area contributed by atoms with Crippen molar-refractivity contribution >= 4 is 5.91 Å². The predicted molar refractivity (Wildman–Crippen MR) is 73.9 cm³/mol. The van der Waals surface area contributed by atoms with Crippen molar-refractivity contribution in [3.05, 3.63) is 0 Å². The van der Waals surface area contributed by atoms with Gasteiger partial charge in [-0.1, -0.05) is 0 Å². The second-order valence-corrected chi connectivity index (χ2v) is 6.53. The molecule has 3 aliphatic heterocycles. The molecule has 0 saturated carbocycles. The van der Waals surface area contributed by atoms with E-state index in [1.807, 2.05) is 0 Å². The molecule has 1 atom stereocenters. The van der Waals surface area contributed by atoms with Crippen molar-refractivity contribution in [2.75, 3.05) is 39.4 Å². The van der Waals surface area contributed by atoms with Gasteiger partial charge in [-0.3, -0.25) is 4.79 Å². The number of rotatable bonds is 1. The van der Waals surface area contributed by atoms with E-state index in [1.54, 1.807) is 0 Å². The molecular formula is C15H26N2O2. The van der Waals surface area contributed by atoms with E-state index in [0.29, 0.717) is 11.3 Å². The first-order valence-electron chi connectivity index (χ1n) is 7.86. The number of likely N-dealkylation sites (tertiary alicyclic amines) is 1. The van der Waals surface area contributed by atoms with Crippen LogP contribution in [0.1, 0.15) is 38.5 Å². The SMILES string of the molecule is O=C(C1CCOCC1)N1CCCC2(CCCNC2)C1. The molecule has 1 spiro atoms. The highest BCUT2D eigenvalue weighted by Crippen LogP contribution is 2.36. The zero-order valence-corrected chi connectivity index (χ0v) is 11.8. The normalized spacial score (nSPS) is 33.6. The van der Waals surface area contributed by atoms with Crippen molar-refractivity contribution in [2.24, 2.45) is 11.3 Å². The summed E-state index contributed by atoms with van der Waals surface area (Å²) in [7, 11) is 0. The van der Waals surface area contributed by atoms with Gasteiger partial charge in [0.2, 0.25) is 5.91 Å². The average Bonchev–Trinajstić information content (AvgIpc) is 2.48. The second-order valence-electron chi connectivity index (χ2n) is 6.53. The lowest BCUT2D eigenvalue weighted by atomic mass is 9.74. The minimum atomic E-state index is 0.223. The molecule has 0 radical (unpaired) electrons. The number of hydrogen-bond acceptors (Lipinski definition) is 3. The Kier molecular flexibility index (Phi) is 4.08. The maximum atomic E-state index is 12.6. The summed E-state index contributed by atoms with van der Waals surface area (Å²) < 4.78 is 5.37. The van der Waals surface area contributed by atoms with Gasteiger partial charge in [0.15, 0.2) is 0 Å². The quantitative estimate of drug-likeness (QED) is 0.780. The Labute approximate surface area is 115 Å². The molecule has 108 valence electrons. The number of nitrogens with one attached hydrogen (secondary N) is 1. The molecule has 3 heterocycles. The molecule has 3 fully saturated rings. The van der Waals surface area contributed by atoms with Crippen LogP contribution in [-0.4, -0.2) is 50.2 Å². The molecule has 0 bridgehead atoms. The highest BCUT2D eigenvalue weighted by molar-refractivity contribution is 5.79. The third-order valence-corrected chi connectivity index (χ3v) is 5.10. The van der Waals surface area contributed by atoms with E-state index in [1.165, 1.54) is 25.7 Å². The first-order chi connectivity index (χ1) is 9.29. The predicted octanol–water partition coefficient (Wildman–Crippen LogP) is 1.41. The van der Waals surface area contributed by atoms with E-state index >= 15 is 0 Å². The van der Waals surface area contributed by atoms with Crippen molar-refractivity contribution in [1.82, 2.24) is 10.2 Å². The van der Waals surface area contributed by atoms with Gasteiger partial charge in [-0.05, 0) is 45.1 Å². The van der Waals surface area contributed by atoms with Crippen molar-refractivity contribution in [3.63, 3.8) is 0 Å². The Morgan fingerprint density at radius 3 is 2.74 bits per heavy atom. The third-order valence-electron chi connectivity index (χ3n) is 5.10. The number of ether oxygens (including phenoxy) is 1. The molecule has 4 nitrogen and oxygen atoms in total. The van der Waals surface area contributed by atoms with Crippen LogP contribution < -0.4 is 5.32 Å². The summed E-state index contributed by atoms with van der Waals surface area (Å²) >= 11 is 0. The minimum Gasteiger partial charge on any atom is -0.381 e. The lowest BCUT2D eigenvalue weighted by Crippen LogP contribution is -2.53. The molecule has 1 N–H and O–H groups in total. The van der Waals surface area contributed by atoms with Gasteiger partial charge in [0.1, 0.15) is 0 Å². The Hall–Kier alpha value is -0.610. The molecule has 1 amide bonds. The van der Waals surface area contributed by atoms with Gasteiger partial charge in [0, 0.05) is 44.2 Å². The highest BCUT2D eigenvalue weighted by Gasteiger charge is 2.39. The number of hydrogen-bond donors (Lipinski definition) is 1. The zero-order chi connectivity index (χ0) is 13.1. The molecule has 19 heavy (non-hydrogen) atoms. The molecule has 0 aromatic carbocycles. The van der Waals surface area contributed by atoms with Gasteiger partial charge in [-0.15, -0.1) is 0 Å². The summed E-state index contributed by atoms with van der Waals surface area (Å²) in [6.07, 6.45) is 6.85. The largest absolute Gasteiger partial charge is 0.381 e. The van der Waals surface area contributed by atoms with Crippen molar-refractivity contribution in [1.29, 1.82) is 0 Å². The van der Waals surface area contributed by atoms with Gasteiger partial charge in [-0.2, -0.15) is 0 Å². The molecule has 4 heteroatoms. The summed E-state index contributed by atoms with van der Waals surface area (Å²) in [5, 5.41) is 3.53. The first-order valence-corrected chi connectivity index (χ1v) is 7.86. The molecular weight excluding hydrogens is 240 g/mol. The fraction of sp³-hybridized carbons (Fsp3) is 0.933. The fourth-order valence-corrected chi connectivity index (χ4v) is 3.98. The second kappa shape index (κ2) is 5.80. The highest BCUT2D eigenvalue weighted by atomic mass is 16.5. The summed E-state index contributed by atoms with van der Waals surface area (Å²) in [5.74, 6) is 0.619. The standard InChI is InChI=1S/C15H26N2O2/c18-14(13-3-9-19-10-4-13)17-8-2-6-15(12-17)5-1-7-16-11-15/h13,16H,1-12H2. The Morgan fingerprint density at radius 1 is 1.21 bits per heavy atom. The molecule has 3 saturated heterocycles. The monoisotopic (exact) mass is 266 g/mol. The Bertz CT molecular complexity index is 315. The summed E-state index contributed by atoms with van der Waals surface area (Å²) in [5.41, 5.74) is 0.372. The number of carbonyl (C=O) groups is 1. The average molecular weight is 266 g/mol. The van der Waals surface area contributed by atoms with E-state index < -0.39 is 0 Å². The van der Waals surface area contributed by atoms with Crippen LogP contribution in [0.4, 0.5) is 0 Å². The summed E-state index contributed by atoms with van der Waals surface area (Å²) in [6, 6.07) is 0. The number of piperidine rings is 2. The molecule has 0 aromatic rings. The van der Waals surface area contributed by atoms with Gasteiger partial charge in [0.25, 0.3) is 0 Å². The van der Waals surface area contributed by atoms with Crippen LogP contribution in [0.5, 0.6) is 0 Å². The van der Waals surface area contributed by atoms with Gasteiger partial charge in [0.05, 0.1) is 0 Å². The van der Waals surface area contributed by atoms with Crippen molar-refractivity contribution in [3.8, 4) is 0 Å². The van der Waals surface area contributed by atoms with Crippen LogP contribution in [-0.2, 0) is 9.53 Å². The van der Waals surface area contributed by atoms with Crippen molar-refractivity contribution in [2.45, 2.75) is 38.5 Å². The smallest absolute Gasteiger partial charge is 0.225 e. The third kappa shape index (κ3) is 2.95. The van der Waals surface area contributed by atoms with Gasteiger partial charge >= 0.3 is 0 Å². The molecule has 0 aliphatic carbocycles.